The molecule has 112 valence electrons. The molecule has 2 atom stereocenters. The van der Waals surface area contributed by atoms with Gasteiger partial charge in [0, 0.05) is 18.7 Å². The average molecular weight is 308 g/mol. The quantitative estimate of drug-likeness (QED) is 0.872. The van der Waals surface area contributed by atoms with Crippen molar-refractivity contribution in [3.8, 4) is 11.4 Å². The molecule has 21 heavy (non-hydrogen) atoms. The van der Waals surface area contributed by atoms with E-state index >= 15 is 0 Å². The lowest BCUT2D eigenvalue weighted by atomic mass is 10.2. The molecule has 2 aromatic rings. The van der Waals surface area contributed by atoms with E-state index in [0.29, 0.717) is 23.3 Å². The van der Waals surface area contributed by atoms with E-state index in [1.165, 1.54) is 0 Å². The Morgan fingerprint density at radius 1 is 1.24 bits per heavy atom. The Hall–Kier alpha value is -1.43. The highest BCUT2D eigenvalue weighted by atomic mass is 35.5. The molecule has 0 saturated carbocycles. The first-order valence-electron chi connectivity index (χ1n) is 7.07. The van der Waals surface area contributed by atoms with Crippen molar-refractivity contribution in [1.29, 1.82) is 0 Å². The number of aromatic nitrogens is 2. The molecule has 1 saturated heterocycles. The summed E-state index contributed by atoms with van der Waals surface area (Å²) in [5.74, 6) is 1.14. The molecule has 0 spiro atoms. The van der Waals surface area contributed by atoms with Crippen LogP contribution in [0.1, 0.15) is 19.7 Å². The van der Waals surface area contributed by atoms with Crippen molar-refractivity contribution in [2.45, 2.75) is 32.6 Å². The molecule has 0 aliphatic carbocycles. The van der Waals surface area contributed by atoms with Crippen LogP contribution < -0.4 is 0 Å². The second kappa shape index (κ2) is 6.13. The van der Waals surface area contributed by atoms with Crippen molar-refractivity contribution in [2.24, 2.45) is 0 Å². The van der Waals surface area contributed by atoms with Gasteiger partial charge in [-0.25, -0.2) is 0 Å². The van der Waals surface area contributed by atoms with Crippen LogP contribution in [0.15, 0.2) is 28.8 Å². The fourth-order valence-corrected chi connectivity index (χ4v) is 2.90. The lowest BCUT2D eigenvalue weighted by Gasteiger charge is -2.34. The maximum Gasteiger partial charge on any atom is 0.241 e. The predicted molar refractivity (Wildman–Crippen MR) is 80.0 cm³/mol. The first-order chi connectivity index (χ1) is 10.1. The Morgan fingerprint density at radius 3 is 2.67 bits per heavy atom. The van der Waals surface area contributed by atoms with E-state index in [9.17, 15) is 0 Å². The molecule has 0 unspecified atom stereocenters. The zero-order chi connectivity index (χ0) is 14.8. The minimum absolute atomic E-state index is 0.222. The van der Waals surface area contributed by atoms with Crippen molar-refractivity contribution in [3.63, 3.8) is 0 Å². The number of hydrogen-bond donors (Lipinski definition) is 0. The van der Waals surface area contributed by atoms with Gasteiger partial charge in [0.05, 0.1) is 23.8 Å². The van der Waals surface area contributed by atoms with Crippen molar-refractivity contribution in [1.82, 2.24) is 15.0 Å². The van der Waals surface area contributed by atoms with Gasteiger partial charge in [0.25, 0.3) is 0 Å². The third-order valence-corrected chi connectivity index (χ3v) is 3.77. The lowest BCUT2D eigenvalue weighted by Crippen LogP contribution is -2.44. The molecule has 1 aliphatic rings. The van der Waals surface area contributed by atoms with Gasteiger partial charge in [-0.2, -0.15) is 4.98 Å². The largest absolute Gasteiger partial charge is 0.373 e. The Balaban J connectivity index is 1.72. The highest BCUT2D eigenvalue weighted by Crippen LogP contribution is 2.25. The summed E-state index contributed by atoms with van der Waals surface area (Å²) >= 11 is 6.15. The highest BCUT2D eigenvalue weighted by Gasteiger charge is 2.24. The summed E-state index contributed by atoms with van der Waals surface area (Å²) in [5, 5.41) is 4.65. The van der Waals surface area contributed by atoms with Gasteiger partial charge < -0.3 is 9.26 Å². The van der Waals surface area contributed by atoms with Crippen LogP contribution in [0.2, 0.25) is 5.02 Å². The average Bonchev–Trinajstić information content (AvgIpc) is 2.86. The SMILES string of the molecule is C[C@H]1CN(Cc2nc(-c3ccccc3Cl)no2)C[C@H](C)O1. The molecule has 0 radical (unpaired) electrons. The number of hydrogen-bond acceptors (Lipinski definition) is 5. The van der Waals surface area contributed by atoms with Gasteiger partial charge in [0.1, 0.15) is 0 Å². The van der Waals surface area contributed by atoms with Crippen LogP contribution in [0.5, 0.6) is 0 Å². The molecule has 6 heteroatoms. The van der Waals surface area contributed by atoms with Crippen LogP contribution >= 0.6 is 11.6 Å². The second-order valence-corrected chi connectivity index (χ2v) is 5.85. The summed E-state index contributed by atoms with van der Waals surface area (Å²) in [5.41, 5.74) is 0.790. The van der Waals surface area contributed by atoms with E-state index in [0.717, 1.165) is 18.7 Å². The van der Waals surface area contributed by atoms with Gasteiger partial charge >= 0.3 is 0 Å². The fourth-order valence-electron chi connectivity index (χ4n) is 2.68. The zero-order valence-electron chi connectivity index (χ0n) is 12.1. The van der Waals surface area contributed by atoms with Gasteiger partial charge in [-0.1, -0.05) is 28.9 Å². The number of morpholine rings is 1. The Bertz CT molecular complexity index is 606. The molecule has 1 aromatic heterocycles. The predicted octanol–water partition coefficient (Wildman–Crippen LogP) is 3.00. The van der Waals surface area contributed by atoms with E-state index in [1.807, 2.05) is 24.3 Å². The third-order valence-electron chi connectivity index (χ3n) is 3.44. The van der Waals surface area contributed by atoms with E-state index in [-0.39, 0.29) is 12.2 Å². The van der Waals surface area contributed by atoms with Crippen molar-refractivity contribution in [3.05, 3.63) is 35.2 Å². The topological polar surface area (TPSA) is 51.4 Å². The summed E-state index contributed by atoms with van der Waals surface area (Å²) in [6, 6.07) is 7.49. The molecule has 0 N–H and O–H groups in total. The normalized spacial score (nSPS) is 23.4. The molecule has 5 nitrogen and oxygen atoms in total. The van der Waals surface area contributed by atoms with E-state index < -0.39 is 0 Å². The number of halogens is 1. The third kappa shape index (κ3) is 3.43. The van der Waals surface area contributed by atoms with Crippen LogP contribution in [-0.4, -0.2) is 40.3 Å². The molecule has 0 amide bonds. The van der Waals surface area contributed by atoms with Gasteiger partial charge in [0.2, 0.25) is 11.7 Å². The number of benzene rings is 1. The molecule has 3 rings (SSSR count). The minimum Gasteiger partial charge on any atom is -0.373 e. The highest BCUT2D eigenvalue weighted by molar-refractivity contribution is 6.33. The lowest BCUT2D eigenvalue weighted by molar-refractivity contribution is -0.0725. The molecular weight excluding hydrogens is 290 g/mol. The van der Waals surface area contributed by atoms with Crippen LogP contribution in [-0.2, 0) is 11.3 Å². The summed E-state index contributed by atoms with van der Waals surface area (Å²) in [4.78, 5) is 6.71. The maximum absolute atomic E-state index is 6.15. The first kappa shape index (κ1) is 14.5. The smallest absolute Gasteiger partial charge is 0.241 e. The maximum atomic E-state index is 6.15. The minimum atomic E-state index is 0.222. The van der Waals surface area contributed by atoms with Gasteiger partial charge in [-0.3, -0.25) is 4.90 Å². The van der Waals surface area contributed by atoms with Crippen molar-refractivity contribution in [2.75, 3.05) is 13.1 Å². The van der Waals surface area contributed by atoms with Crippen molar-refractivity contribution >= 4 is 11.6 Å². The molecule has 1 aromatic carbocycles. The summed E-state index contributed by atoms with van der Waals surface area (Å²) in [6.45, 7) is 6.52. The molecule has 0 bridgehead atoms. The van der Waals surface area contributed by atoms with Crippen LogP contribution in [0.4, 0.5) is 0 Å². The number of rotatable bonds is 3. The van der Waals surface area contributed by atoms with Crippen LogP contribution in [0, 0.1) is 0 Å². The Morgan fingerprint density at radius 2 is 1.95 bits per heavy atom. The standard InChI is InChI=1S/C15H18ClN3O2/c1-10-7-19(8-11(2)20-10)9-14-17-15(18-21-14)12-5-3-4-6-13(12)16/h3-6,10-11H,7-9H2,1-2H3/t10-,11-/m0/s1. The molecule has 1 fully saturated rings. The van der Waals surface area contributed by atoms with E-state index in [2.05, 4.69) is 28.9 Å². The van der Waals surface area contributed by atoms with Gasteiger partial charge in [-0.15, -0.1) is 0 Å². The van der Waals surface area contributed by atoms with Crippen LogP contribution in [0.3, 0.4) is 0 Å². The molecule has 2 heterocycles. The number of nitrogens with zero attached hydrogens (tertiary/aromatic N) is 3. The Labute approximate surface area is 128 Å². The molecular formula is C15H18ClN3O2. The summed E-state index contributed by atoms with van der Waals surface area (Å²) in [7, 11) is 0. The number of ether oxygens (including phenoxy) is 1. The first-order valence-corrected chi connectivity index (χ1v) is 7.45. The van der Waals surface area contributed by atoms with Crippen molar-refractivity contribution < 1.29 is 9.26 Å². The Kier molecular flexibility index (Phi) is 4.24. The molecule has 1 aliphatic heterocycles. The van der Waals surface area contributed by atoms with Gasteiger partial charge in [0.15, 0.2) is 0 Å². The monoisotopic (exact) mass is 307 g/mol. The van der Waals surface area contributed by atoms with E-state index in [1.54, 1.807) is 0 Å². The zero-order valence-corrected chi connectivity index (χ0v) is 12.9. The summed E-state index contributed by atoms with van der Waals surface area (Å²) in [6.07, 6.45) is 0.444. The second-order valence-electron chi connectivity index (χ2n) is 5.44. The fraction of sp³-hybridized carbons (Fsp3) is 0.467. The summed E-state index contributed by atoms with van der Waals surface area (Å²) < 4.78 is 11.1. The van der Waals surface area contributed by atoms with E-state index in [4.69, 9.17) is 20.9 Å². The van der Waals surface area contributed by atoms with Crippen LogP contribution in [0.25, 0.3) is 11.4 Å². The van der Waals surface area contributed by atoms with Gasteiger partial charge in [-0.05, 0) is 26.0 Å².